The van der Waals surface area contributed by atoms with E-state index in [4.69, 9.17) is 0 Å². The number of hydrogen-bond donors (Lipinski definition) is 0. The standard InChI is InChI=1S/C23H15N/c1-2-7-18-15-19(10-9-16(18)5-1)22-14-12-21-20-8-4-3-6-17(20)11-13-23(21)24-22/h1-15H/p+1. The summed E-state index contributed by atoms with van der Waals surface area (Å²) in [5.41, 5.74) is 3.52. The fraction of sp³-hybridized carbons (Fsp3) is 0. The fourth-order valence-electron chi connectivity index (χ4n) is 3.46. The summed E-state index contributed by atoms with van der Waals surface area (Å²) >= 11 is 0. The predicted octanol–water partition coefficient (Wildman–Crippen LogP) is 5.63. The van der Waals surface area contributed by atoms with E-state index in [1.54, 1.807) is 0 Å². The number of rotatable bonds is 1. The second kappa shape index (κ2) is 5.17. The van der Waals surface area contributed by atoms with Gasteiger partial charge >= 0.3 is 0 Å². The highest BCUT2D eigenvalue weighted by Gasteiger charge is 2.10. The molecule has 1 nitrogen and oxygen atoms in total. The van der Waals surface area contributed by atoms with Crippen molar-refractivity contribution in [2.24, 2.45) is 0 Å². The van der Waals surface area contributed by atoms with Gasteiger partial charge in [-0.1, -0.05) is 54.6 Å². The minimum absolute atomic E-state index is 1.14. The van der Waals surface area contributed by atoms with E-state index in [1.165, 1.54) is 38.0 Å². The zero-order chi connectivity index (χ0) is 15.9. The van der Waals surface area contributed by atoms with Crippen LogP contribution in [0.5, 0.6) is 0 Å². The molecule has 0 aliphatic carbocycles. The lowest BCUT2D eigenvalue weighted by molar-refractivity contribution is -0.330. The number of fused-ring (bicyclic) bond motifs is 4. The molecular formula is C23H16N+. The van der Waals surface area contributed by atoms with E-state index in [0.717, 1.165) is 5.69 Å². The Balaban J connectivity index is 1.72. The molecule has 4 aromatic carbocycles. The molecule has 0 saturated carbocycles. The molecule has 0 spiro atoms. The molecule has 0 aliphatic rings. The lowest BCUT2D eigenvalue weighted by Crippen LogP contribution is -2.07. The summed E-state index contributed by atoms with van der Waals surface area (Å²) in [6, 6.07) is 32.4. The van der Waals surface area contributed by atoms with E-state index in [9.17, 15) is 0 Å². The monoisotopic (exact) mass is 306 g/mol. The van der Waals surface area contributed by atoms with E-state index in [1.807, 2.05) is 0 Å². The highest BCUT2D eigenvalue weighted by molar-refractivity contribution is 6.05. The topological polar surface area (TPSA) is 14.1 Å². The number of pyridine rings is 1. The fourth-order valence-corrected chi connectivity index (χ4v) is 3.46. The first kappa shape index (κ1) is 13.3. The summed E-state index contributed by atoms with van der Waals surface area (Å²) in [7, 11) is 0. The van der Waals surface area contributed by atoms with Crippen molar-refractivity contribution >= 4 is 32.4 Å². The van der Waals surface area contributed by atoms with Crippen LogP contribution in [0.25, 0.3) is 43.7 Å². The van der Waals surface area contributed by atoms with E-state index >= 15 is 0 Å². The average Bonchev–Trinajstić information content (AvgIpc) is 2.67. The van der Waals surface area contributed by atoms with Crippen molar-refractivity contribution < 1.29 is 4.98 Å². The normalized spacial score (nSPS) is 11.3. The Labute approximate surface area is 140 Å². The third kappa shape index (κ3) is 2.06. The van der Waals surface area contributed by atoms with E-state index in [2.05, 4.69) is 96.0 Å². The Morgan fingerprint density at radius 1 is 0.500 bits per heavy atom. The molecule has 0 amide bonds. The Bertz CT molecular complexity index is 1200. The van der Waals surface area contributed by atoms with Crippen molar-refractivity contribution in [1.29, 1.82) is 0 Å². The van der Waals surface area contributed by atoms with Gasteiger partial charge in [-0.15, -0.1) is 0 Å². The zero-order valence-corrected chi connectivity index (χ0v) is 13.2. The molecule has 1 aromatic heterocycles. The molecule has 24 heavy (non-hydrogen) atoms. The molecule has 1 heteroatoms. The molecule has 112 valence electrons. The zero-order valence-electron chi connectivity index (χ0n) is 13.2. The Morgan fingerprint density at radius 2 is 1.25 bits per heavy atom. The third-order valence-corrected chi connectivity index (χ3v) is 4.72. The van der Waals surface area contributed by atoms with Crippen LogP contribution >= 0.6 is 0 Å². The summed E-state index contributed by atoms with van der Waals surface area (Å²) in [5.74, 6) is 0. The van der Waals surface area contributed by atoms with E-state index < -0.39 is 0 Å². The van der Waals surface area contributed by atoms with Crippen molar-refractivity contribution in [2.75, 3.05) is 0 Å². The van der Waals surface area contributed by atoms with Gasteiger partial charge in [-0.2, -0.15) is 0 Å². The first-order chi connectivity index (χ1) is 11.9. The summed E-state index contributed by atoms with van der Waals surface area (Å²) in [6.45, 7) is 0. The summed E-state index contributed by atoms with van der Waals surface area (Å²) in [5, 5.41) is 6.36. The molecule has 0 fully saturated rings. The van der Waals surface area contributed by atoms with Gasteiger partial charge < -0.3 is 0 Å². The molecule has 0 aliphatic heterocycles. The molecule has 0 bridgehead atoms. The van der Waals surface area contributed by atoms with Crippen LogP contribution in [0, 0.1) is 0 Å². The van der Waals surface area contributed by atoms with Crippen LogP contribution in [-0.2, 0) is 0 Å². The average molecular weight is 306 g/mol. The number of nitrogens with one attached hydrogen (secondary N) is 1. The maximum atomic E-state index is 3.60. The highest BCUT2D eigenvalue weighted by Crippen LogP contribution is 2.26. The van der Waals surface area contributed by atoms with Gasteiger partial charge in [0.25, 0.3) is 0 Å². The van der Waals surface area contributed by atoms with Gasteiger partial charge in [0.05, 0.1) is 5.39 Å². The summed E-state index contributed by atoms with van der Waals surface area (Å²) < 4.78 is 0. The lowest BCUT2D eigenvalue weighted by Gasteiger charge is -2.03. The first-order valence-electron chi connectivity index (χ1n) is 8.21. The van der Waals surface area contributed by atoms with Crippen LogP contribution in [-0.4, -0.2) is 0 Å². The van der Waals surface area contributed by atoms with E-state index in [-0.39, 0.29) is 0 Å². The largest absolute Gasteiger partial charge is 0.211 e. The molecule has 0 unspecified atom stereocenters. The van der Waals surface area contributed by atoms with E-state index in [0.29, 0.717) is 0 Å². The van der Waals surface area contributed by atoms with Crippen LogP contribution in [0.1, 0.15) is 0 Å². The van der Waals surface area contributed by atoms with Gasteiger partial charge in [-0.05, 0) is 45.8 Å². The van der Waals surface area contributed by atoms with Crippen molar-refractivity contribution in [3.63, 3.8) is 0 Å². The molecular weight excluding hydrogens is 290 g/mol. The van der Waals surface area contributed by atoms with Gasteiger partial charge in [0, 0.05) is 17.7 Å². The lowest BCUT2D eigenvalue weighted by atomic mass is 10.0. The quantitative estimate of drug-likeness (QED) is 0.356. The van der Waals surface area contributed by atoms with Gasteiger partial charge in [0.2, 0.25) is 11.2 Å². The Morgan fingerprint density at radius 3 is 2.17 bits per heavy atom. The molecule has 1 N–H and O–H groups in total. The number of hydrogen-bond acceptors (Lipinski definition) is 0. The number of H-pyrrole nitrogens is 1. The second-order valence-electron chi connectivity index (χ2n) is 6.18. The molecule has 0 atom stereocenters. The maximum Gasteiger partial charge on any atom is 0.211 e. The summed E-state index contributed by atoms with van der Waals surface area (Å²) in [6.07, 6.45) is 0. The van der Waals surface area contributed by atoms with Crippen LogP contribution in [0.3, 0.4) is 0 Å². The van der Waals surface area contributed by atoms with Gasteiger partial charge in [0.1, 0.15) is 0 Å². The Kier molecular flexibility index (Phi) is 2.86. The minimum Gasteiger partial charge on any atom is -0.204 e. The number of aromatic amines is 1. The maximum absolute atomic E-state index is 3.60. The van der Waals surface area contributed by atoms with Gasteiger partial charge in [0.15, 0.2) is 0 Å². The molecule has 0 radical (unpaired) electrons. The third-order valence-electron chi connectivity index (χ3n) is 4.72. The SMILES string of the molecule is c1ccc2cc(-c3ccc4c(ccc5ccccc54)[nH+]3)ccc2c1. The van der Waals surface area contributed by atoms with Crippen molar-refractivity contribution in [2.45, 2.75) is 0 Å². The molecule has 1 heterocycles. The minimum atomic E-state index is 1.14. The second-order valence-corrected chi connectivity index (χ2v) is 6.18. The van der Waals surface area contributed by atoms with Gasteiger partial charge in [-0.25, -0.2) is 4.98 Å². The first-order valence-corrected chi connectivity index (χ1v) is 8.21. The van der Waals surface area contributed by atoms with Crippen LogP contribution in [0.4, 0.5) is 0 Å². The van der Waals surface area contributed by atoms with Crippen molar-refractivity contribution in [3.05, 3.63) is 91.0 Å². The summed E-state index contributed by atoms with van der Waals surface area (Å²) in [4.78, 5) is 3.60. The van der Waals surface area contributed by atoms with Crippen LogP contribution in [0.15, 0.2) is 91.0 Å². The van der Waals surface area contributed by atoms with Crippen molar-refractivity contribution in [1.82, 2.24) is 0 Å². The number of aromatic nitrogens is 1. The highest BCUT2D eigenvalue weighted by atomic mass is 14.7. The van der Waals surface area contributed by atoms with Crippen LogP contribution in [0.2, 0.25) is 0 Å². The smallest absolute Gasteiger partial charge is 0.204 e. The predicted molar refractivity (Wildman–Crippen MR) is 101 cm³/mol. The number of benzene rings is 4. The Hall–Kier alpha value is -3.19. The van der Waals surface area contributed by atoms with Crippen molar-refractivity contribution in [3.8, 4) is 11.3 Å². The molecule has 5 aromatic rings. The molecule has 0 saturated heterocycles. The molecule has 5 rings (SSSR count). The van der Waals surface area contributed by atoms with Crippen LogP contribution < -0.4 is 4.98 Å². The van der Waals surface area contributed by atoms with Gasteiger partial charge in [-0.3, -0.25) is 0 Å².